The summed E-state index contributed by atoms with van der Waals surface area (Å²) in [4.78, 5) is 9.54. The van der Waals surface area contributed by atoms with Crippen molar-refractivity contribution in [1.82, 2.24) is 0 Å². The Bertz CT molecular complexity index is 80.6. The Morgan fingerprint density at radius 2 is 2.50 bits per heavy atom. The smallest absolute Gasteiger partial charge is 0.0816 e. The molecule has 0 heterocycles. The van der Waals surface area contributed by atoms with Gasteiger partial charge in [0.1, 0.15) is 0 Å². The van der Waals surface area contributed by atoms with Crippen LogP contribution < -0.4 is 0 Å². The van der Waals surface area contributed by atoms with Crippen molar-refractivity contribution in [2.75, 3.05) is 6.54 Å². The predicted octanol–water partition coefficient (Wildman–Crippen LogP) is 1.97. The fraction of sp³-hybridized carbons (Fsp3) is 0.667. The molecule has 0 aromatic rings. The largest absolute Gasteiger partial charge is 0.151 e. The van der Waals surface area contributed by atoms with E-state index in [4.69, 9.17) is 0 Å². The minimum atomic E-state index is 0.410. The third kappa shape index (κ3) is 3.53. The zero-order valence-electron chi connectivity index (χ0n) is 5.13. The molecule has 0 radical (unpaired) electrons. The summed E-state index contributed by atoms with van der Waals surface area (Å²) in [7, 11) is 0. The molecule has 0 bridgehead atoms. The fourth-order valence-corrected chi connectivity index (χ4v) is 0.374. The van der Waals surface area contributed by atoms with Crippen LogP contribution in [-0.2, 0) is 0 Å². The van der Waals surface area contributed by atoms with E-state index in [9.17, 15) is 4.91 Å². The summed E-state index contributed by atoms with van der Waals surface area (Å²) in [5, 5.41) is 2.73. The highest BCUT2D eigenvalue weighted by atomic mass is 16.3. The van der Waals surface area contributed by atoms with Gasteiger partial charge in [-0.05, 0) is 12.3 Å². The number of hydrogen-bond acceptors (Lipinski definition) is 2. The van der Waals surface area contributed by atoms with Crippen LogP contribution in [0.5, 0.6) is 0 Å². The summed E-state index contributed by atoms with van der Waals surface area (Å²) in [5.74, 6) is 0.424. The second-order valence-electron chi connectivity index (χ2n) is 1.85. The third-order valence-corrected chi connectivity index (χ3v) is 1.08. The van der Waals surface area contributed by atoms with E-state index in [2.05, 4.69) is 11.8 Å². The highest BCUT2D eigenvalue weighted by Crippen LogP contribution is 2.00. The SMILES string of the molecule is C=CC(C)CCN=O. The van der Waals surface area contributed by atoms with Gasteiger partial charge in [0.15, 0.2) is 0 Å². The van der Waals surface area contributed by atoms with Gasteiger partial charge >= 0.3 is 0 Å². The Labute approximate surface area is 49.6 Å². The molecular weight excluding hydrogens is 102 g/mol. The molecule has 0 amide bonds. The molecule has 0 aromatic carbocycles. The van der Waals surface area contributed by atoms with Gasteiger partial charge in [-0.2, -0.15) is 4.91 Å². The van der Waals surface area contributed by atoms with E-state index in [1.54, 1.807) is 0 Å². The molecule has 0 aliphatic heterocycles. The Hall–Kier alpha value is -0.660. The lowest BCUT2D eigenvalue weighted by Gasteiger charge is -1.97. The summed E-state index contributed by atoms with van der Waals surface area (Å²) in [5.41, 5.74) is 0. The zero-order chi connectivity index (χ0) is 6.41. The van der Waals surface area contributed by atoms with Gasteiger partial charge in [-0.3, -0.25) is 0 Å². The van der Waals surface area contributed by atoms with Crippen molar-refractivity contribution in [2.24, 2.45) is 11.1 Å². The van der Waals surface area contributed by atoms with Gasteiger partial charge in [0.25, 0.3) is 0 Å². The number of nitroso groups, excluding NO2 is 1. The number of rotatable bonds is 4. The molecule has 0 rings (SSSR count). The van der Waals surface area contributed by atoms with Gasteiger partial charge in [-0.25, -0.2) is 0 Å². The highest BCUT2D eigenvalue weighted by Gasteiger charge is 1.92. The summed E-state index contributed by atoms with van der Waals surface area (Å²) in [6.07, 6.45) is 2.65. The average molecular weight is 113 g/mol. The van der Waals surface area contributed by atoms with Crippen molar-refractivity contribution in [3.05, 3.63) is 17.6 Å². The third-order valence-electron chi connectivity index (χ3n) is 1.08. The molecule has 2 heteroatoms. The van der Waals surface area contributed by atoms with E-state index in [1.807, 2.05) is 13.0 Å². The van der Waals surface area contributed by atoms with Crippen LogP contribution in [0.25, 0.3) is 0 Å². The van der Waals surface area contributed by atoms with E-state index in [1.165, 1.54) is 0 Å². The standard InChI is InChI=1S/C6H11NO/c1-3-6(2)4-5-7-8/h3,6H,1,4-5H2,2H3. The van der Waals surface area contributed by atoms with Crippen LogP contribution >= 0.6 is 0 Å². The Morgan fingerprint density at radius 1 is 1.88 bits per heavy atom. The van der Waals surface area contributed by atoms with E-state index in [-0.39, 0.29) is 0 Å². The molecule has 0 N–H and O–H groups in total. The maximum atomic E-state index is 9.54. The molecule has 0 saturated carbocycles. The van der Waals surface area contributed by atoms with Crippen LogP contribution in [0.15, 0.2) is 17.8 Å². The minimum Gasteiger partial charge on any atom is -0.151 e. The van der Waals surface area contributed by atoms with Crippen LogP contribution in [0.3, 0.4) is 0 Å². The number of allylic oxidation sites excluding steroid dienone is 1. The molecule has 0 aromatic heterocycles. The molecule has 1 atom stereocenters. The maximum Gasteiger partial charge on any atom is 0.0816 e. The molecule has 0 spiro atoms. The van der Waals surface area contributed by atoms with Gasteiger partial charge in [0, 0.05) is 0 Å². The van der Waals surface area contributed by atoms with Crippen LogP contribution in [0.4, 0.5) is 0 Å². The van der Waals surface area contributed by atoms with Gasteiger partial charge in [0.2, 0.25) is 0 Å². The first kappa shape index (κ1) is 7.34. The summed E-state index contributed by atoms with van der Waals surface area (Å²) < 4.78 is 0. The quantitative estimate of drug-likeness (QED) is 0.405. The molecule has 1 unspecified atom stereocenters. The summed E-state index contributed by atoms with van der Waals surface area (Å²) >= 11 is 0. The molecule has 0 fully saturated rings. The normalized spacial score (nSPS) is 12.6. The van der Waals surface area contributed by atoms with Crippen molar-refractivity contribution >= 4 is 0 Å². The lowest BCUT2D eigenvalue weighted by Crippen LogP contribution is -1.90. The van der Waals surface area contributed by atoms with Gasteiger partial charge in [-0.1, -0.05) is 18.2 Å². The van der Waals surface area contributed by atoms with Crippen molar-refractivity contribution in [2.45, 2.75) is 13.3 Å². The molecular formula is C6H11NO. The minimum absolute atomic E-state index is 0.410. The second-order valence-corrected chi connectivity index (χ2v) is 1.85. The monoisotopic (exact) mass is 113 g/mol. The first-order valence-corrected chi connectivity index (χ1v) is 2.73. The Morgan fingerprint density at radius 3 is 2.88 bits per heavy atom. The van der Waals surface area contributed by atoms with Crippen LogP contribution in [-0.4, -0.2) is 6.54 Å². The Kier molecular flexibility index (Phi) is 4.13. The van der Waals surface area contributed by atoms with Crippen LogP contribution in [0, 0.1) is 10.8 Å². The second kappa shape index (κ2) is 4.50. The molecule has 0 saturated heterocycles. The summed E-state index contributed by atoms with van der Waals surface area (Å²) in [6, 6.07) is 0. The molecule has 8 heavy (non-hydrogen) atoms. The highest BCUT2D eigenvalue weighted by molar-refractivity contribution is 4.74. The van der Waals surface area contributed by atoms with Crippen molar-refractivity contribution < 1.29 is 0 Å². The Balaban J connectivity index is 3.09. The van der Waals surface area contributed by atoms with E-state index in [0.717, 1.165) is 6.42 Å². The van der Waals surface area contributed by atoms with E-state index < -0.39 is 0 Å². The molecule has 0 aliphatic rings. The topological polar surface area (TPSA) is 29.4 Å². The summed E-state index contributed by atoms with van der Waals surface area (Å²) in [6.45, 7) is 5.99. The first-order chi connectivity index (χ1) is 3.81. The lowest BCUT2D eigenvalue weighted by atomic mass is 10.1. The predicted molar refractivity (Wildman–Crippen MR) is 34.6 cm³/mol. The van der Waals surface area contributed by atoms with Gasteiger partial charge in [0.05, 0.1) is 6.54 Å². The average Bonchev–Trinajstić information content (AvgIpc) is 1.83. The first-order valence-electron chi connectivity index (χ1n) is 2.73. The maximum absolute atomic E-state index is 9.54. The van der Waals surface area contributed by atoms with Crippen LogP contribution in [0.2, 0.25) is 0 Å². The van der Waals surface area contributed by atoms with Crippen LogP contribution in [0.1, 0.15) is 13.3 Å². The van der Waals surface area contributed by atoms with Crippen molar-refractivity contribution in [1.29, 1.82) is 0 Å². The molecule has 46 valence electrons. The van der Waals surface area contributed by atoms with Gasteiger partial charge in [-0.15, -0.1) is 6.58 Å². The fourth-order valence-electron chi connectivity index (χ4n) is 0.374. The number of nitrogens with zero attached hydrogens (tertiary/aromatic N) is 1. The van der Waals surface area contributed by atoms with Crippen molar-refractivity contribution in [3.8, 4) is 0 Å². The van der Waals surface area contributed by atoms with Gasteiger partial charge < -0.3 is 0 Å². The van der Waals surface area contributed by atoms with E-state index >= 15 is 0 Å². The molecule has 0 aliphatic carbocycles. The number of hydrogen-bond donors (Lipinski definition) is 0. The van der Waals surface area contributed by atoms with Crippen molar-refractivity contribution in [3.63, 3.8) is 0 Å². The zero-order valence-corrected chi connectivity index (χ0v) is 5.13. The van der Waals surface area contributed by atoms with E-state index in [0.29, 0.717) is 12.5 Å². The molecule has 2 nitrogen and oxygen atoms in total. The lowest BCUT2D eigenvalue weighted by molar-refractivity contribution is 0.659.